The first-order chi connectivity index (χ1) is 7.22. The van der Waals surface area contributed by atoms with Crippen molar-refractivity contribution < 1.29 is 14.3 Å². The summed E-state index contributed by atoms with van der Waals surface area (Å²) in [6, 6.07) is 5.21. The number of aromatic carboxylic acids is 1. The van der Waals surface area contributed by atoms with Crippen molar-refractivity contribution in [2.75, 3.05) is 0 Å². The molecule has 2 rings (SSSR count). The third-order valence-electron chi connectivity index (χ3n) is 1.78. The summed E-state index contributed by atoms with van der Waals surface area (Å²) in [6.07, 6.45) is 2.59. The third kappa shape index (κ3) is 1.46. The van der Waals surface area contributed by atoms with Gasteiger partial charge in [0.15, 0.2) is 5.69 Å². The van der Waals surface area contributed by atoms with Gasteiger partial charge < -0.3 is 9.52 Å². The monoisotopic (exact) mass is 203 g/mol. The molecule has 0 aliphatic rings. The second-order valence-electron chi connectivity index (χ2n) is 2.70. The van der Waals surface area contributed by atoms with Gasteiger partial charge in [-0.25, -0.2) is 4.79 Å². The van der Waals surface area contributed by atoms with Crippen LogP contribution in [0.4, 0.5) is 0 Å². The van der Waals surface area contributed by atoms with Gasteiger partial charge in [-0.05, 0) is 12.1 Å². The van der Waals surface area contributed by atoms with E-state index >= 15 is 0 Å². The molecule has 74 valence electrons. The quantitative estimate of drug-likeness (QED) is 0.786. The van der Waals surface area contributed by atoms with Crippen LogP contribution in [0.5, 0.6) is 0 Å². The fourth-order valence-electron chi connectivity index (χ4n) is 1.11. The number of hydrogen-bond acceptors (Lipinski definition) is 4. The maximum atomic E-state index is 10.5. The van der Waals surface area contributed by atoms with Gasteiger partial charge in [0.2, 0.25) is 0 Å². The molecule has 6 heteroatoms. The van der Waals surface area contributed by atoms with E-state index in [1.807, 2.05) is 6.07 Å². The molecule has 2 aromatic rings. The second kappa shape index (κ2) is 3.31. The van der Waals surface area contributed by atoms with Crippen LogP contribution in [0, 0.1) is 11.3 Å². The summed E-state index contributed by atoms with van der Waals surface area (Å²) in [5.41, 5.74) is 0.136. The summed E-state index contributed by atoms with van der Waals surface area (Å²) >= 11 is 0. The highest BCUT2D eigenvalue weighted by Gasteiger charge is 2.13. The number of carboxylic acids is 1. The van der Waals surface area contributed by atoms with Gasteiger partial charge in [-0.1, -0.05) is 0 Å². The summed E-state index contributed by atoms with van der Waals surface area (Å²) in [6.45, 7) is 0. The molecule has 0 radical (unpaired) electrons. The van der Waals surface area contributed by atoms with Crippen molar-refractivity contribution in [3.63, 3.8) is 0 Å². The lowest BCUT2D eigenvalue weighted by atomic mass is 10.5. The smallest absolute Gasteiger partial charge is 0.357 e. The lowest BCUT2D eigenvalue weighted by molar-refractivity contribution is 0.0690. The van der Waals surface area contributed by atoms with E-state index in [2.05, 4.69) is 4.98 Å². The molecular formula is C9H5N3O3. The Hall–Kier alpha value is -2.55. The molecule has 0 aliphatic heterocycles. The maximum Gasteiger partial charge on any atom is 0.357 e. The zero-order valence-corrected chi connectivity index (χ0v) is 7.41. The predicted molar refractivity (Wildman–Crippen MR) is 47.5 cm³/mol. The molecular weight excluding hydrogens is 198 g/mol. The fraction of sp³-hybridized carbons (Fsp3) is 0. The Labute approximate surface area is 84.0 Å². The van der Waals surface area contributed by atoms with E-state index in [9.17, 15) is 4.79 Å². The van der Waals surface area contributed by atoms with Crippen LogP contribution < -0.4 is 0 Å². The number of oxazole rings is 1. The Kier molecular flexibility index (Phi) is 1.99. The van der Waals surface area contributed by atoms with E-state index in [0.717, 1.165) is 6.26 Å². The highest BCUT2D eigenvalue weighted by molar-refractivity contribution is 5.84. The molecule has 0 aliphatic carbocycles. The SMILES string of the molecule is N#Cc1cccn1-c1nc(C(=O)O)co1. The van der Waals surface area contributed by atoms with Crippen molar-refractivity contribution in [2.45, 2.75) is 0 Å². The minimum absolute atomic E-state index is 0.0638. The maximum absolute atomic E-state index is 10.5. The number of rotatable bonds is 2. The normalized spacial score (nSPS) is 9.80. The molecule has 15 heavy (non-hydrogen) atoms. The zero-order chi connectivity index (χ0) is 10.8. The van der Waals surface area contributed by atoms with Crippen molar-refractivity contribution >= 4 is 5.97 Å². The molecule has 0 amide bonds. The molecule has 1 N–H and O–H groups in total. The summed E-state index contributed by atoms with van der Waals surface area (Å²) in [4.78, 5) is 14.2. The van der Waals surface area contributed by atoms with Crippen LogP contribution in [0.3, 0.4) is 0 Å². The van der Waals surface area contributed by atoms with Crippen LogP contribution in [0.1, 0.15) is 16.2 Å². The highest BCUT2D eigenvalue weighted by Crippen LogP contribution is 2.11. The summed E-state index contributed by atoms with van der Waals surface area (Å²) < 4.78 is 6.30. The Morgan fingerprint density at radius 2 is 2.47 bits per heavy atom. The van der Waals surface area contributed by atoms with Crippen LogP contribution in [0.25, 0.3) is 6.01 Å². The van der Waals surface area contributed by atoms with E-state index < -0.39 is 5.97 Å². The van der Waals surface area contributed by atoms with Crippen LogP contribution in [0.2, 0.25) is 0 Å². The zero-order valence-electron chi connectivity index (χ0n) is 7.41. The first-order valence-corrected chi connectivity index (χ1v) is 3.99. The standard InChI is InChI=1S/C9H5N3O3/c10-4-6-2-1-3-12(6)9-11-7(5-15-9)8(13)14/h1-3,5H,(H,13,14). The second-order valence-corrected chi connectivity index (χ2v) is 2.70. The van der Waals surface area contributed by atoms with Crippen LogP contribution in [-0.4, -0.2) is 20.6 Å². The number of aromatic nitrogens is 2. The molecule has 0 saturated carbocycles. The van der Waals surface area contributed by atoms with Gasteiger partial charge in [0, 0.05) is 6.20 Å². The number of nitrogens with zero attached hydrogens (tertiary/aromatic N) is 3. The fourth-order valence-corrected chi connectivity index (χ4v) is 1.11. The lowest BCUT2D eigenvalue weighted by Gasteiger charge is -1.95. The van der Waals surface area contributed by atoms with Gasteiger partial charge in [-0.15, -0.1) is 0 Å². The van der Waals surface area contributed by atoms with Crippen molar-refractivity contribution in [3.8, 4) is 12.1 Å². The average molecular weight is 203 g/mol. The Balaban J connectivity index is 2.47. The molecule has 0 spiro atoms. The van der Waals surface area contributed by atoms with E-state index in [1.165, 1.54) is 4.57 Å². The van der Waals surface area contributed by atoms with Gasteiger partial charge in [0.05, 0.1) is 0 Å². The first-order valence-electron chi connectivity index (χ1n) is 3.99. The average Bonchev–Trinajstić information content (AvgIpc) is 2.85. The van der Waals surface area contributed by atoms with Crippen LogP contribution in [-0.2, 0) is 0 Å². The van der Waals surface area contributed by atoms with Gasteiger partial charge in [0.25, 0.3) is 0 Å². The molecule has 2 aromatic heterocycles. The van der Waals surface area contributed by atoms with E-state index in [1.54, 1.807) is 18.3 Å². The topological polar surface area (TPSA) is 92.0 Å². The largest absolute Gasteiger partial charge is 0.476 e. The summed E-state index contributed by atoms with van der Waals surface area (Å²) in [5.74, 6) is -1.17. The molecule has 0 unspecified atom stereocenters. The van der Waals surface area contributed by atoms with E-state index in [4.69, 9.17) is 14.8 Å². The molecule has 0 fully saturated rings. The van der Waals surface area contributed by atoms with Gasteiger partial charge >= 0.3 is 12.0 Å². The summed E-state index contributed by atoms with van der Waals surface area (Å²) in [7, 11) is 0. The van der Waals surface area contributed by atoms with Crippen LogP contribution >= 0.6 is 0 Å². The molecule has 0 aromatic carbocycles. The molecule has 0 bridgehead atoms. The first kappa shape index (κ1) is 9.02. The van der Waals surface area contributed by atoms with Crippen molar-refractivity contribution in [1.82, 2.24) is 9.55 Å². The molecule has 0 atom stereocenters. The molecule has 6 nitrogen and oxygen atoms in total. The number of carboxylic acid groups (broad SMARTS) is 1. The Morgan fingerprint density at radius 1 is 1.67 bits per heavy atom. The van der Waals surface area contributed by atoms with E-state index in [-0.39, 0.29) is 11.7 Å². The van der Waals surface area contributed by atoms with Gasteiger partial charge in [-0.3, -0.25) is 4.57 Å². The predicted octanol–water partition coefficient (Wildman–Crippen LogP) is 1.04. The van der Waals surface area contributed by atoms with Gasteiger partial charge in [0.1, 0.15) is 18.0 Å². The van der Waals surface area contributed by atoms with E-state index in [0.29, 0.717) is 5.69 Å². The molecule has 0 saturated heterocycles. The molecule has 2 heterocycles. The highest BCUT2D eigenvalue weighted by atomic mass is 16.4. The van der Waals surface area contributed by atoms with Gasteiger partial charge in [-0.2, -0.15) is 10.2 Å². The summed E-state index contributed by atoms with van der Waals surface area (Å²) in [5, 5.41) is 17.4. The Morgan fingerprint density at radius 3 is 3.07 bits per heavy atom. The minimum atomic E-state index is -1.17. The Bertz CT molecular complexity index is 547. The van der Waals surface area contributed by atoms with Crippen molar-refractivity contribution in [2.24, 2.45) is 0 Å². The third-order valence-corrected chi connectivity index (χ3v) is 1.78. The van der Waals surface area contributed by atoms with Crippen LogP contribution in [0.15, 0.2) is 29.0 Å². The van der Waals surface area contributed by atoms with Crippen molar-refractivity contribution in [3.05, 3.63) is 36.0 Å². The minimum Gasteiger partial charge on any atom is -0.476 e. The number of hydrogen-bond donors (Lipinski definition) is 1. The number of carbonyl (C=O) groups is 1. The number of nitriles is 1. The van der Waals surface area contributed by atoms with Crippen molar-refractivity contribution in [1.29, 1.82) is 5.26 Å². The lowest BCUT2D eigenvalue weighted by Crippen LogP contribution is -1.99.